The molecule has 0 radical (unpaired) electrons. The van der Waals surface area contributed by atoms with Gasteiger partial charge in [0.15, 0.2) is 6.29 Å². The van der Waals surface area contributed by atoms with E-state index in [-0.39, 0.29) is 42.8 Å². The molecule has 28 heavy (non-hydrogen) atoms. The van der Waals surface area contributed by atoms with Gasteiger partial charge in [0.05, 0.1) is 18.8 Å². The SMILES string of the molecule is COC(=O)CCCCOC1OC(COC(=O)c2ccccc2)C(C)C(C)C1C. The van der Waals surface area contributed by atoms with Crippen molar-refractivity contribution in [2.24, 2.45) is 17.8 Å². The Kier molecular flexibility index (Phi) is 8.93. The van der Waals surface area contributed by atoms with Gasteiger partial charge in [0.25, 0.3) is 0 Å². The lowest BCUT2D eigenvalue weighted by molar-refractivity contribution is -0.254. The maximum Gasteiger partial charge on any atom is 0.338 e. The molecule has 1 aliphatic heterocycles. The van der Waals surface area contributed by atoms with Crippen molar-refractivity contribution in [1.29, 1.82) is 0 Å². The average Bonchev–Trinajstić information content (AvgIpc) is 2.72. The molecular formula is C22H32O6. The molecule has 0 saturated carbocycles. The van der Waals surface area contributed by atoms with Crippen LogP contribution in [0.5, 0.6) is 0 Å². The van der Waals surface area contributed by atoms with E-state index in [1.54, 1.807) is 12.1 Å². The zero-order valence-electron chi connectivity index (χ0n) is 17.3. The van der Waals surface area contributed by atoms with Crippen LogP contribution in [0.2, 0.25) is 0 Å². The highest BCUT2D eigenvalue weighted by atomic mass is 16.7. The number of benzene rings is 1. The van der Waals surface area contributed by atoms with Crippen molar-refractivity contribution in [1.82, 2.24) is 0 Å². The Balaban J connectivity index is 1.82. The number of carbonyl (C=O) groups excluding carboxylic acids is 2. The molecule has 5 atom stereocenters. The zero-order valence-corrected chi connectivity index (χ0v) is 17.3. The predicted molar refractivity (Wildman–Crippen MR) is 105 cm³/mol. The molecule has 1 fully saturated rings. The first-order chi connectivity index (χ1) is 13.4. The zero-order chi connectivity index (χ0) is 20.5. The summed E-state index contributed by atoms with van der Waals surface area (Å²) in [5, 5.41) is 0. The Morgan fingerprint density at radius 2 is 1.71 bits per heavy atom. The first-order valence-corrected chi connectivity index (χ1v) is 10.00. The highest BCUT2D eigenvalue weighted by Gasteiger charge is 2.40. The lowest BCUT2D eigenvalue weighted by atomic mass is 9.79. The summed E-state index contributed by atoms with van der Waals surface area (Å²) in [6.07, 6.45) is 1.33. The Hall–Kier alpha value is -1.92. The summed E-state index contributed by atoms with van der Waals surface area (Å²) in [7, 11) is 1.39. The van der Waals surface area contributed by atoms with Gasteiger partial charge in [-0.05, 0) is 36.8 Å². The van der Waals surface area contributed by atoms with E-state index in [1.807, 2.05) is 18.2 Å². The number of unbranched alkanes of at least 4 members (excludes halogenated alkanes) is 1. The number of methoxy groups -OCH3 is 1. The van der Waals surface area contributed by atoms with Crippen LogP contribution in [0, 0.1) is 17.8 Å². The van der Waals surface area contributed by atoms with Gasteiger partial charge in [-0.25, -0.2) is 4.79 Å². The summed E-state index contributed by atoms with van der Waals surface area (Å²) in [6, 6.07) is 8.95. The molecule has 6 nitrogen and oxygen atoms in total. The maximum absolute atomic E-state index is 12.2. The van der Waals surface area contributed by atoms with Crippen LogP contribution in [0.25, 0.3) is 0 Å². The monoisotopic (exact) mass is 392 g/mol. The molecule has 5 unspecified atom stereocenters. The van der Waals surface area contributed by atoms with Crippen molar-refractivity contribution in [3.63, 3.8) is 0 Å². The quantitative estimate of drug-likeness (QED) is 0.470. The fraction of sp³-hybridized carbons (Fsp3) is 0.636. The summed E-state index contributed by atoms with van der Waals surface area (Å²) in [5.74, 6) is 0.302. The van der Waals surface area contributed by atoms with Crippen LogP contribution in [0.4, 0.5) is 0 Å². The van der Waals surface area contributed by atoms with E-state index >= 15 is 0 Å². The maximum atomic E-state index is 12.2. The first kappa shape index (κ1) is 22.4. The van der Waals surface area contributed by atoms with E-state index < -0.39 is 0 Å². The number of hydrogen-bond acceptors (Lipinski definition) is 6. The third-order valence-corrected chi connectivity index (χ3v) is 5.66. The van der Waals surface area contributed by atoms with Crippen LogP contribution in [0.15, 0.2) is 30.3 Å². The smallest absolute Gasteiger partial charge is 0.338 e. The standard InChI is InChI=1S/C22H32O6/c1-15-16(2)19(14-27-21(24)18-10-6-5-7-11-18)28-22(17(15)3)26-13-9-8-12-20(23)25-4/h5-7,10-11,15-17,19,22H,8-9,12-14H2,1-4H3. The highest BCUT2D eigenvalue weighted by Crippen LogP contribution is 2.35. The summed E-state index contributed by atoms with van der Waals surface area (Å²) in [6.45, 7) is 7.14. The van der Waals surface area contributed by atoms with E-state index in [4.69, 9.17) is 14.2 Å². The van der Waals surface area contributed by atoms with Crippen molar-refractivity contribution >= 4 is 11.9 Å². The van der Waals surface area contributed by atoms with E-state index in [1.165, 1.54) is 7.11 Å². The minimum absolute atomic E-state index is 0.203. The van der Waals surface area contributed by atoms with Crippen LogP contribution in [0.1, 0.15) is 50.4 Å². The van der Waals surface area contributed by atoms with Crippen LogP contribution in [0.3, 0.4) is 0 Å². The Morgan fingerprint density at radius 1 is 1.00 bits per heavy atom. The fourth-order valence-electron chi connectivity index (χ4n) is 3.36. The van der Waals surface area contributed by atoms with Crippen LogP contribution < -0.4 is 0 Å². The number of rotatable bonds is 9. The van der Waals surface area contributed by atoms with Crippen molar-refractivity contribution in [3.8, 4) is 0 Å². The minimum atomic E-state index is -0.344. The number of hydrogen-bond donors (Lipinski definition) is 0. The molecule has 1 aromatic rings. The molecule has 156 valence electrons. The fourth-order valence-corrected chi connectivity index (χ4v) is 3.36. The van der Waals surface area contributed by atoms with Gasteiger partial charge in [-0.2, -0.15) is 0 Å². The largest absolute Gasteiger partial charge is 0.469 e. The van der Waals surface area contributed by atoms with Crippen LogP contribution in [-0.2, 0) is 23.7 Å². The van der Waals surface area contributed by atoms with Gasteiger partial charge in [0, 0.05) is 18.9 Å². The molecule has 0 aromatic heterocycles. The van der Waals surface area contributed by atoms with Crippen molar-refractivity contribution < 1.29 is 28.5 Å². The van der Waals surface area contributed by atoms with Crippen molar-refractivity contribution in [2.45, 2.75) is 52.4 Å². The van der Waals surface area contributed by atoms with Gasteiger partial charge < -0.3 is 18.9 Å². The molecule has 1 aromatic carbocycles. The van der Waals surface area contributed by atoms with Gasteiger partial charge in [-0.15, -0.1) is 0 Å². The highest BCUT2D eigenvalue weighted by molar-refractivity contribution is 5.89. The normalized spacial score (nSPS) is 27.2. The number of carbonyl (C=O) groups is 2. The van der Waals surface area contributed by atoms with E-state index in [9.17, 15) is 9.59 Å². The Bertz CT molecular complexity index is 617. The molecule has 1 heterocycles. The van der Waals surface area contributed by atoms with Gasteiger partial charge in [0.1, 0.15) is 6.61 Å². The number of esters is 2. The minimum Gasteiger partial charge on any atom is -0.469 e. The molecule has 0 amide bonds. The average molecular weight is 392 g/mol. The molecular weight excluding hydrogens is 360 g/mol. The third kappa shape index (κ3) is 6.31. The first-order valence-electron chi connectivity index (χ1n) is 10.00. The van der Waals surface area contributed by atoms with E-state index in [0.717, 1.165) is 12.8 Å². The lowest BCUT2D eigenvalue weighted by Gasteiger charge is -2.43. The molecule has 6 heteroatoms. The van der Waals surface area contributed by atoms with Crippen LogP contribution in [-0.4, -0.2) is 44.7 Å². The Morgan fingerprint density at radius 3 is 2.39 bits per heavy atom. The van der Waals surface area contributed by atoms with Crippen molar-refractivity contribution in [3.05, 3.63) is 35.9 Å². The lowest BCUT2D eigenvalue weighted by Crippen LogP contribution is -2.48. The molecule has 0 bridgehead atoms. The summed E-state index contributed by atoms with van der Waals surface area (Å²) in [4.78, 5) is 23.3. The van der Waals surface area contributed by atoms with Crippen molar-refractivity contribution in [2.75, 3.05) is 20.3 Å². The second-order valence-electron chi connectivity index (χ2n) is 7.49. The van der Waals surface area contributed by atoms with Gasteiger partial charge in [0.2, 0.25) is 0 Å². The second kappa shape index (κ2) is 11.2. The molecule has 1 saturated heterocycles. The summed E-state index contributed by atoms with van der Waals surface area (Å²) < 4.78 is 22.2. The topological polar surface area (TPSA) is 71.1 Å². The second-order valence-corrected chi connectivity index (χ2v) is 7.49. The van der Waals surface area contributed by atoms with Gasteiger partial charge >= 0.3 is 11.9 Å². The van der Waals surface area contributed by atoms with E-state index in [0.29, 0.717) is 24.5 Å². The number of ether oxygens (including phenoxy) is 4. The molecule has 0 N–H and O–H groups in total. The van der Waals surface area contributed by atoms with Gasteiger partial charge in [-0.3, -0.25) is 4.79 Å². The molecule has 0 spiro atoms. The predicted octanol–water partition coefficient (Wildman–Crippen LogP) is 3.84. The Labute approximate surface area is 167 Å². The molecule has 2 rings (SSSR count). The van der Waals surface area contributed by atoms with Gasteiger partial charge in [-0.1, -0.05) is 39.0 Å². The molecule has 0 aliphatic carbocycles. The van der Waals surface area contributed by atoms with Crippen LogP contribution >= 0.6 is 0 Å². The van der Waals surface area contributed by atoms with E-state index in [2.05, 4.69) is 25.5 Å². The summed E-state index contributed by atoms with van der Waals surface area (Å²) in [5.41, 5.74) is 0.533. The molecule has 1 aliphatic rings. The summed E-state index contributed by atoms with van der Waals surface area (Å²) >= 11 is 0. The third-order valence-electron chi connectivity index (χ3n) is 5.66.